The van der Waals surface area contributed by atoms with Crippen LogP contribution in [-0.2, 0) is 11.2 Å². The number of amides is 1. The fourth-order valence-electron chi connectivity index (χ4n) is 2.08. The second-order valence-electron chi connectivity index (χ2n) is 4.48. The number of hydrogen-bond donors (Lipinski definition) is 1. The summed E-state index contributed by atoms with van der Waals surface area (Å²) in [6, 6.07) is 6.76. The van der Waals surface area contributed by atoms with Crippen LogP contribution in [-0.4, -0.2) is 41.9 Å². The van der Waals surface area contributed by atoms with E-state index in [1.54, 1.807) is 24.1 Å². The number of piperazine rings is 1. The maximum atomic E-state index is 11.3. The number of benzene rings is 1. The molecule has 0 aromatic heterocycles. The van der Waals surface area contributed by atoms with Crippen molar-refractivity contribution in [2.75, 3.05) is 20.1 Å². The molecule has 0 spiro atoms. The molecule has 1 aliphatic heterocycles. The number of nitro benzene ring substituents is 1. The highest BCUT2D eigenvalue weighted by Crippen LogP contribution is 2.15. The van der Waals surface area contributed by atoms with E-state index in [-0.39, 0.29) is 17.6 Å². The first-order chi connectivity index (χ1) is 8.56. The van der Waals surface area contributed by atoms with Crippen molar-refractivity contribution in [3.05, 3.63) is 39.9 Å². The van der Waals surface area contributed by atoms with Gasteiger partial charge in [-0.25, -0.2) is 0 Å². The predicted molar refractivity (Wildman–Crippen MR) is 66.2 cm³/mol. The van der Waals surface area contributed by atoms with E-state index in [2.05, 4.69) is 5.32 Å². The monoisotopic (exact) mass is 249 g/mol. The molecule has 1 N–H and O–H groups in total. The number of carbonyl (C=O) groups is 1. The molecule has 1 saturated heterocycles. The van der Waals surface area contributed by atoms with Gasteiger partial charge in [-0.1, -0.05) is 12.1 Å². The van der Waals surface area contributed by atoms with Crippen LogP contribution in [0.2, 0.25) is 0 Å². The van der Waals surface area contributed by atoms with Gasteiger partial charge < -0.3 is 10.2 Å². The Morgan fingerprint density at radius 2 is 2.33 bits per heavy atom. The third-order valence-corrected chi connectivity index (χ3v) is 3.07. The third-order valence-electron chi connectivity index (χ3n) is 3.07. The zero-order valence-corrected chi connectivity index (χ0v) is 10.1. The van der Waals surface area contributed by atoms with Crippen molar-refractivity contribution in [3.63, 3.8) is 0 Å². The van der Waals surface area contributed by atoms with Gasteiger partial charge in [-0.15, -0.1) is 0 Å². The van der Waals surface area contributed by atoms with E-state index in [9.17, 15) is 14.9 Å². The van der Waals surface area contributed by atoms with E-state index < -0.39 is 4.92 Å². The van der Waals surface area contributed by atoms with Gasteiger partial charge in [0.25, 0.3) is 5.69 Å². The van der Waals surface area contributed by atoms with E-state index in [0.29, 0.717) is 19.5 Å². The van der Waals surface area contributed by atoms with Crippen LogP contribution in [0, 0.1) is 10.1 Å². The minimum Gasteiger partial charge on any atom is -0.343 e. The summed E-state index contributed by atoms with van der Waals surface area (Å²) in [5.74, 6) is 0.0743. The maximum Gasteiger partial charge on any atom is 0.269 e. The zero-order chi connectivity index (χ0) is 13.1. The molecular weight excluding hydrogens is 234 g/mol. The van der Waals surface area contributed by atoms with Crippen LogP contribution in [0.25, 0.3) is 0 Å². The van der Waals surface area contributed by atoms with Crippen molar-refractivity contribution in [1.82, 2.24) is 10.2 Å². The number of rotatable bonds is 3. The Morgan fingerprint density at radius 1 is 1.56 bits per heavy atom. The molecule has 0 radical (unpaired) electrons. The van der Waals surface area contributed by atoms with Gasteiger partial charge in [-0.2, -0.15) is 0 Å². The summed E-state index contributed by atoms with van der Waals surface area (Å²) in [5.41, 5.74) is 1.01. The summed E-state index contributed by atoms with van der Waals surface area (Å²) in [6.07, 6.45) is 0.680. The van der Waals surface area contributed by atoms with Crippen LogP contribution < -0.4 is 5.32 Å². The Bertz CT molecular complexity index is 475. The number of nitrogens with one attached hydrogen (secondary N) is 1. The van der Waals surface area contributed by atoms with E-state index in [1.807, 2.05) is 6.07 Å². The molecule has 1 aliphatic rings. The SMILES string of the molecule is CN1CC(Cc2cccc([N+](=O)[O-])c2)NCC1=O. The molecule has 1 aromatic rings. The van der Waals surface area contributed by atoms with Gasteiger partial charge in [-0.05, 0) is 12.0 Å². The van der Waals surface area contributed by atoms with E-state index in [0.717, 1.165) is 5.56 Å². The second-order valence-corrected chi connectivity index (χ2v) is 4.48. The maximum absolute atomic E-state index is 11.3. The molecule has 18 heavy (non-hydrogen) atoms. The highest BCUT2D eigenvalue weighted by Gasteiger charge is 2.22. The topological polar surface area (TPSA) is 75.5 Å². The summed E-state index contributed by atoms with van der Waals surface area (Å²) in [7, 11) is 1.77. The Morgan fingerprint density at radius 3 is 3.00 bits per heavy atom. The lowest BCUT2D eigenvalue weighted by molar-refractivity contribution is -0.384. The molecule has 1 amide bonds. The molecule has 0 aliphatic carbocycles. The molecule has 6 nitrogen and oxygen atoms in total. The van der Waals surface area contributed by atoms with Gasteiger partial charge in [0.15, 0.2) is 0 Å². The van der Waals surface area contributed by atoms with Gasteiger partial charge in [0, 0.05) is 31.8 Å². The summed E-state index contributed by atoms with van der Waals surface area (Å²) < 4.78 is 0. The lowest BCUT2D eigenvalue weighted by Gasteiger charge is -2.30. The molecule has 1 heterocycles. The second kappa shape index (κ2) is 5.14. The number of likely N-dealkylation sites (N-methyl/N-ethyl adjacent to an activating group) is 1. The van der Waals surface area contributed by atoms with Crippen LogP contribution in [0.1, 0.15) is 5.56 Å². The summed E-state index contributed by atoms with van der Waals surface area (Å²) in [4.78, 5) is 23.3. The highest BCUT2D eigenvalue weighted by molar-refractivity contribution is 5.78. The fraction of sp³-hybridized carbons (Fsp3) is 0.417. The van der Waals surface area contributed by atoms with Crippen LogP contribution in [0.4, 0.5) is 5.69 Å². The smallest absolute Gasteiger partial charge is 0.269 e. The molecule has 6 heteroatoms. The van der Waals surface area contributed by atoms with Crippen molar-refractivity contribution in [1.29, 1.82) is 0 Å². The van der Waals surface area contributed by atoms with Crippen LogP contribution in [0.3, 0.4) is 0 Å². The summed E-state index contributed by atoms with van der Waals surface area (Å²) in [6.45, 7) is 0.956. The first-order valence-electron chi connectivity index (χ1n) is 5.77. The number of nitrogens with zero attached hydrogens (tertiary/aromatic N) is 2. The van der Waals surface area contributed by atoms with Crippen LogP contribution >= 0.6 is 0 Å². The largest absolute Gasteiger partial charge is 0.343 e. The number of carbonyl (C=O) groups excluding carboxylic acids is 1. The number of hydrogen-bond acceptors (Lipinski definition) is 4. The normalized spacial score (nSPS) is 19.9. The minimum absolute atomic E-state index is 0.0743. The third kappa shape index (κ3) is 2.84. The van der Waals surface area contributed by atoms with E-state index in [1.165, 1.54) is 6.07 Å². The van der Waals surface area contributed by atoms with Crippen molar-refractivity contribution >= 4 is 11.6 Å². The van der Waals surface area contributed by atoms with Gasteiger partial charge in [0.2, 0.25) is 5.91 Å². The predicted octanol–water partition coefficient (Wildman–Crippen LogP) is 0.567. The van der Waals surface area contributed by atoms with E-state index >= 15 is 0 Å². The molecule has 0 bridgehead atoms. The van der Waals surface area contributed by atoms with E-state index in [4.69, 9.17) is 0 Å². The number of nitro groups is 1. The van der Waals surface area contributed by atoms with Gasteiger partial charge in [0.1, 0.15) is 0 Å². The first-order valence-corrected chi connectivity index (χ1v) is 5.77. The molecule has 1 atom stereocenters. The molecule has 2 rings (SSSR count). The van der Waals surface area contributed by atoms with Gasteiger partial charge >= 0.3 is 0 Å². The van der Waals surface area contributed by atoms with Crippen molar-refractivity contribution < 1.29 is 9.72 Å². The Kier molecular flexibility index (Phi) is 3.57. The summed E-state index contributed by atoms with van der Waals surface area (Å²) >= 11 is 0. The number of non-ortho nitro benzene ring substituents is 1. The lowest BCUT2D eigenvalue weighted by atomic mass is 10.0. The Balaban J connectivity index is 2.03. The van der Waals surface area contributed by atoms with Crippen molar-refractivity contribution in [3.8, 4) is 0 Å². The average Bonchev–Trinajstić information content (AvgIpc) is 2.34. The minimum atomic E-state index is -0.395. The van der Waals surface area contributed by atoms with Crippen LogP contribution in [0.5, 0.6) is 0 Å². The standard InChI is InChI=1S/C12H15N3O3/c1-14-8-10(13-7-12(14)16)5-9-3-2-4-11(6-9)15(17)18/h2-4,6,10,13H,5,7-8H2,1H3. The van der Waals surface area contributed by atoms with Gasteiger partial charge in [0.05, 0.1) is 11.5 Å². The molecule has 1 unspecified atom stereocenters. The molecular formula is C12H15N3O3. The van der Waals surface area contributed by atoms with Gasteiger partial charge in [-0.3, -0.25) is 14.9 Å². The summed E-state index contributed by atoms with van der Waals surface area (Å²) in [5, 5.41) is 13.8. The molecule has 1 aromatic carbocycles. The molecule has 0 saturated carbocycles. The Hall–Kier alpha value is -1.95. The highest BCUT2D eigenvalue weighted by atomic mass is 16.6. The lowest BCUT2D eigenvalue weighted by Crippen LogP contribution is -2.53. The molecule has 96 valence electrons. The molecule has 1 fully saturated rings. The van der Waals surface area contributed by atoms with Crippen molar-refractivity contribution in [2.45, 2.75) is 12.5 Å². The van der Waals surface area contributed by atoms with Crippen LogP contribution in [0.15, 0.2) is 24.3 Å². The zero-order valence-electron chi connectivity index (χ0n) is 10.1. The average molecular weight is 249 g/mol. The quantitative estimate of drug-likeness (QED) is 0.627. The Labute approximate surface area is 105 Å². The fourth-order valence-corrected chi connectivity index (χ4v) is 2.08. The van der Waals surface area contributed by atoms with Crippen molar-refractivity contribution in [2.24, 2.45) is 0 Å². The first kappa shape index (κ1) is 12.5.